The highest BCUT2D eigenvalue weighted by atomic mass is 19.4. The summed E-state index contributed by atoms with van der Waals surface area (Å²) >= 11 is 0. The molecular weight excluding hydrogens is 405 g/mol. The minimum atomic E-state index is -4.34. The summed E-state index contributed by atoms with van der Waals surface area (Å²) in [5.74, 6) is 0.712. The van der Waals surface area contributed by atoms with Gasteiger partial charge in [0.1, 0.15) is 5.82 Å². The van der Waals surface area contributed by atoms with E-state index in [1.165, 1.54) is 12.1 Å². The molecule has 2 aliphatic heterocycles. The third kappa shape index (κ3) is 3.66. The van der Waals surface area contributed by atoms with Crippen molar-refractivity contribution < 1.29 is 13.2 Å². The first-order valence-corrected chi connectivity index (χ1v) is 10.3. The first-order chi connectivity index (χ1) is 14.9. The molecule has 1 fully saturated rings. The van der Waals surface area contributed by atoms with Crippen LogP contribution in [0.3, 0.4) is 0 Å². The van der Waals surface area contributed by atoms with Gasteiger partial charge in [0.25, 0.3) is 5.56 Å². The van der Waals surface area contributed by atoms with Gasteiger partial charge in [-0.3, -0.25) is 9.36 Å². The summed E-state index contributed by atoms with van der Waals surface area (Å²) in [6.07, 6.45) is -1.54. The van der Waals surface area contributed by atoms with E-state index in [9.17, 15) is 18.0 Å². The van der Waals surface area contributed by atoms with Crippen LogP contribution in [0.2, 0.25) is 0 Å². The highest BCUT2D eigenvalue weighted by Gasteiger charge is 2.31. The number of piperazine rings is 1. The maximum atomic E-state index is 13.0. The number of fused-ring (bicyclic) bond motifs is 2. The maximum Gasteiger partial charge on any atom is 0.416 e. The van der Waals surface area contributed by atoms with Crippen molar-refractivity contribution in [2.45, 2.75) is 19.1 Å². The lowest BCUT2D eigenvalue weighted by Gasteiger charge is -2.36. The fourth-order valence-electron chi connectivity index (χ4n) is 4.30. The predicted molar refractivity (Wildman–Crippen MR) is 114 cm³/mol. The van der Waals surface area contributed by atoms with Gasteiger partial charge in [0.05, 0.1) is 16.5 Å². The van der Waals surface area contributed by atoms with Crippen LogP contribution in [0.25, 0.3) is 16.5 Å². The number of para-hydroxylation sites is 1. The monoisotopic (exact) mass is 426 g/mol. The highest BCUT2D eigenvalue weighted by molar-refractivity contribution is 5.79. The molecule has 160 valence electrons. The quantitative estimate of drug-likeness (QED) is 0.622. The Morgan fingerprint density at radius 2 is 1.71 bits per heavy atom. The van der Waals surface area contributed by atoms with Crippen LogP contribution in [0.4, 0.5) is 18.9 Å². The van der Waals surface area contributed by atoms with Gasteiger partial charge in [-0.1, -0.05) is 18.2 Å². The van der Waals surface area contributed by atoms with E-state index in [0.29, 0.717) is 55.1 Å². The summed E-state index contributed by atoms with van der Waals surface area (Å²) in [4.78, 5) is 21.6. The predicted octanol–water partition coefficient (Wildman–Crippen LogP) is 3.98. The molecule has 0 atom stereocenters. The number of hydrogen-bond donors (Lipinski definition) is 0. The van der Waals surface area contributed by atoms with Crippen molar-refractivity contribution >= 4 is 22.2 Å². The molecule has 5 rings (SSSR count). The summed E-state index contributed by atoms with van der Waals surface area (Å²) in [5, 5.41) is 0.627. The van der Waals surface area contributed by atoms with Crippen molar-refractivity contribution in [1.29, 1.82) is 0 Å². The van der Waals surface area contributed by atoms with Crippen LogP contribution in [-0.4, -0.2) is 40.6 Å². The van der Waals surface area contributed by atoms with Crippen LogP contribution in [0.15, 0.2) is 59.5 Å². The van der Waals surface area contributed by atoms with Gasteiger partial charge in [-0.25, -0.2) is 4.98 Å². The average molecular weight is 426 g/mol. The molecule has 31 heavy (non-hydrogen) atoms. The van der Waals surface area contributed by atoms with E-state index in [0.717, 1.165) is 18.1 Å². The molecule has 2 aromatic carbocycles. The number of hydrogen-bond acceptors (Lipinski definition) is 4. The Bertz CT molecular complexity index is 1220. The summed E-state index contributed by atoms with van der Waals surface area (Å²) < 4.78 is 40.7. The Morgan fingerprint density at radius 1 is 0.935 bits per heavy atom. The zero-order valence-corrected chi connectivity index (χ0v) is 16.8. The largest absolute Gasteiger partial charge is 0.416 e. The van der Waals surface area contributed by atoms with Crippen molar-refractivity contribution in [3.63, 3.8) is 0 Å². The minimum absolute atomic E-state index is 0.0154. The molecule has 0 amide bonds. The molecule has 0 unspecified atom stereocenters. The fourth-order valence-corrected chi connectivity index (χ4v) is 4.30. The number of nitrogens with zero attached hydrogens (tertiary/aromatic N) is 4. The maximum absolute atomic E-state index is 13.0. The number of allylic oxidation sites excluding steroid dienone is 1. The normalized spacial score (nSPS) is 18.1. The van der Waals surface area contributed by atoms with Crippen LogP contribution in [0.5, 0.6) is 0 Å². The Hall–Kier alpha value is -3.29. The second kappa shape index (κ2) is 7.44. The summed E-state index contributed by atoms with van der Waals surface area (Å²) in [6, 6.07) is 12.8. The van der Waals surface area contributed by atoms with E-state index >= 15 is 0 Å². The van der Waals surface area contributed by atoms with Crippen molar-refractivity contribution in [3.8, 4) is 0 Å². The van der Waals surface area contributed by atoms with Crippen LogP contribution < -0.4 is 10.5 Å². The van der Waals surface area contributed by atoms with E-state index in [1.807, 2.05) is 23.1 Å². The van der Waals surface area contributed by atoms with Crippen molar-refractivity contribution in [2.24, 2.45) is 0 Å². The second-order valence-corrected chi connectivity index (χ2v) is 7.88. The summed E-state index contributed by atoms with van der Waals surface area (Å²) in [5.41, 5.74) is 1.67. The van der Waals surface area contributed by atoms with E-state index in [4.69, 9.17) is 4.98 Å². The van der Waals surface area contributed by atoms with Gasteiger partial charge in [0.2, 0.25) is 0 Å². The van der Waals surface area contributed by atoms with Crippen LogP contribution in [0.1, 0.15) is 17.8 Å². The van der Waals surface area contributed by atoms with Crippen LogP contribution >= 0.6 is 0 Å². The molecule has 5 nitrogen and oxygen atoms in total. The van der Waals surface area contributed by atoms with Crippen molar-refractivity contribution in [1.82, 2.24) is 14.5 Å². The van der Waals surface area contributed by atoms with Crippen molar-refractivity contribution in [3.05, 3.63) is 76.5 Å². The van der Waals surface area contributed by atoms with Crippen LogP contribution in [0, 0.1) is 0 Å². The molecule has 0 saturated carbocycles. The molecule has 8 heteroatoms. The Labute approximate surface area is 177 Å². The van der Waals surface area contributed by atoms with Crippen molar-refractivity contribution in [2.75, 3.05) is 31.1 Å². The van der Waals surface area contributed by atoms with Gasteiger partial charge in [-0.2, -0.15) is 13.2 Å². The van der Waals surface area contributed by atoms with Gasteiger partial charge in [-0.05, 0) is 36.8 Å². The third-order valence-electron chi connectivity index (χ3n) is 5.94. The molecular formula is C23H21F3N4O. The number of halogens is 3. The lowest BCUT2D eigenvalue weighted by molar-refractivity contribution is -0.137. The van der Waals surface area contributed by atoms with E-state index < -0.39 is 11.7 Å². The zero-order chi connectivity index (χ0) is 21.6. The molecule has 2 aliphatic rings. The van der Waals surface area contributed by atoms with Crippen LogP contribution in [-0.2, 0) is 12.7 Å². The van der Waals surface area contributed by atoms with E-state index in [1.54, 1.807) is 16.7 Å². The van der Waals surface area contributed by atoms with E-state index in [-0.39, 0.29) is 5.56 Å². The van der Waals surface area contributed by atoms with E-state index in [2.05, 4.69) is 11.1 Å². The highest BCUT2D eigenvalue weighted by Crippen LogP contribution is 2.32. The molecule has 0 radical (unpaired) electrons. The number of anilines is 1. The molecule has 1 aromatic heterocycles. The van der Waals surface area contributed by atoms with Gasteiger partial charge < -0.3 is 9.80 Å². The Kier molecular flexibility index (Phi) is 4.72. The molecule has 3 heterocycles. The first-order valence-electron chi connectivity index (χ1n) is 10.3. The molecule has 1 saturated heterocycles. The zero-order valence-electron chi connectivity index (χ0n) is 16.8. The Balaban J connectivity index is 1.34. The number of alkyl halides is 3. The van der Waals surface area contributed by atoms with Gasteiger partial charge >= 0.3 is 6.18 Å². The van der Waals surface area contributed by atoms with Gasteiger partial charge in [-0.15, -0.1) is 0 Å². The third-order valence-corrected chi connectivity index (χ3v) is 5.94. The number of rotatable bonds is 2. The molecule has 0 N–H and O–H groups in total. The first kappa shape index (κ1) is 19.7. The van der Waals surface area contributed by atoms with Gasteiger partial charge in [0, 0.05) is 50.2 Å². The number of aromatic nitrogens is 2. The smallest absolute Gasteiger partial charge is 0.373 e. The molecule has 3 aromatic rings. The lowest BCUT2D eigenvalue weighted by Crippen LogP contribution is -2.44. The van der Waals surface area contributed by atoms with Gasteiger partial charge in [0.15, 0.2) is 0 Å². The molecule has 0 bridgehead atoms. The average Bonchev–Trinajstić information content (AvgIpc) is 3.17. The lowest BCUT2D eigenvalue weighted by atomic mass is 10.1. The Morgan fingerprint density at radius 3 is 2.48 bits per heavy atom. The molecule has 0 aliphatic carbocycles. The fraction of sp³-hybridized carbons (Fsp3) is 0.304. The summed E-state index contributed by atoms with van der Waals surface area (Å²) in [6.45, 7) is 3.25. The standard InChI is InChI=1S/C23H21F3N4O/c24-23(25,26)17-4-3-5-18(14-17)29-12-10-28(11-13-29)15-16-8-9-30-21(16)27-20-7-2-1-6-19(20)22(30)31/h1-7,14-15H,8-13H2. The minimum Gasteiger partial charge on any atom is -0.373 e. The topological polar surface area (TPSA) is 41.4 Å². The summed E-state index contributed by atoms with van der Waals surface area (Å²) in [7, 11) is 0. The molecule has 0 spiro atoms. The second-order valence-electron chi connectivity index (χ2n) is 7.88. The SMILES string of the molecule is O=c1c2ccccc2nc2n1CCC2=CN1CCN(c2cccc(C(F)(F)F)c2)CC1. The number of benzene rings is 2.